The average molecular weight is 501 g/mol. The lowest BCUT2D eigenvalue weighted by Crippen LogP contribution is -2.32. The third-order valence-corrected chi connectivity index (χ3v) is 7.77. The van der Waals surface area contributed by atoms with Crippen molar-refractivity contribution in [2.45, 2.75) is 25.3 Å². The molecule has 0 aliphatic heterocycles. The van der Waals surface area contributed by atoms with E-state index in [0.717, 1.165) is 16.7 Å². The van der Waals surface area contributed by atoms with Crippen LogP contribution in [0.5, 0.6) is 5.75 Å². The van der Waals surface area contributed by atoms with Gasteiger partial charge in [-0.1, -0.05) is 48.5 Å². The number of methoxy groups -OCH3 is 1. The van der Waals surface area contributed by atoms with Crippen molar-refractivity contribution in [3.63, 3.8) is 0 Å². The molecule has 4 aromatic carbocycles. The van der Waals surface area contributed by atoms with Gasteiger partial charge in [-0.3, -0.25) is 9.10 Å². The highest BCUT2D eigenvalue weighted by atomic mass is 32.2. The molecule has 0 atom stereocenters. The largest absolute Gasteiger partial charge is 0.497 e. The summed E-state index contributed by atoms with van der Waals surface area (Å²) >= 11 is 0. The maximum atomic E-state index is 13.9. The Kier molecular flexibility index (Phi) is 7.41. The number of nitrogens with zero attached hydrogens (tertiary/aromatic N) is 1. The van der Waals surface area contributed by atoms with Gasteiger partial charge in [0.2, 0.25) is 0 Å². The Labute approximate surface area is 212 Å². The highest BCUT2D eigenvalue weighted by molar-refractivity contribution is 7.92. The lowest BCUT2D eigenvalue weighted by molar-refractivity contribution is 0.102. The first-order valence-corrected chi connectivity index (χ1v) is 12.9. The fourth-order valence-electron chi connectivity index (χ4n) is 3.82. The zero-order valence-corrected chi connectivity index (χ0v) is 21.2. The molecule has 184 valence electrons. The van der Waals surface area contributed by atoms with Crippen molar-refractivity contribution in [3.8, 4) is 5.75 Å². The Hall–Kier alpha value is -4.10. The van der Waals surface area contributed by atoms with Gasteiger partial charge in [-0.25, -0.2) is 8.42 Å². The van der Waals surface area contributed by atoms with Gasteiger partial charge in [-0.2, -0.15) is 0 Å². The van der Waals surface area contributed by atoms with E-state index in [4.69, 9.17) is 4.74 Å². The normalized spacial score (nSPS) is 11.1. The van der Waals surface area contributed by atoms with Crippen molar-refractivity contribution >= 4 is 27.3 Å². The summed E-state index contributed by atoms with van der Waals surface area (Å²) in [6.45, 7) is 4.03. The van der Waals surface area contributed by atoms with Crippen molar-refractivity contribution in [2.24, 2.45) is 0 Å². The molecule has 0 saturated carbocycles. The van der Waals surface area contributed by atoms with Crippen LogP contribution in [0.25, 0.3) is 0 Å². The van der Waals surface area contributed by atoms with Crippen LogP contribution in [-0.2, 0) is 16.6 Å². The number of hydrogen-bond donors (Lipinski definition) is 1. The molecule has 6 nitrogen and oxygen atoms in total. The maximum Gasteiger partial charge on any atom is 0.264 e. The van der Waals surface area contributed by atoms with Crippen LogP contribution in [0, 0.1) is 13.8 Å². The van der Waals surface area contributed by atoms with Crippen molar-refractivity contribution < 1.29 is 17.9 Å². The van der Waals surface area contributed by atoms with Crippen molar-refractivity contribution in [1.29, 1.82) is 0 Å². The Morgan fingerprint density at radius 3 is 2.17 bits per heavy atom. The molecular formula is C29H28N2O4S. The molecule has 0 bridgehead atoms. The molecule has 0 aromatic heterocycles. The predicted octanol–water partition coefficient (Wildman–Crippen LogP) is 5.96. The number of rotatable bonds is 8. The number of carbonyl (C=O) groups excluding carboxylic acids is 1. The first-order valence-electron chi connectivity index (χ1n) is 11.5. The van der Waals surface area contributed by atoms with Crippen molar-refractivity contribution in [2.75, 3.05) is 16.7 Å². The van der Waals surface area contributed by atoms with Crippen molar-refractivity contribution in [1.82, 2.24) is 0 Å². The Balaban J connectivity index is 1.77. The van der Waals surface area contributed by atoms with Crippen LogP contribution in [0.4, 0.5) is 11.4 Å². The monoisotopic (exact) mass is 500 g/mol. The molecule has 0 aliphatic carbocycles. The molecule has 1 amide bonds. The summed E-state index contributed by atoms with van der Waals surface area (Å²) in [5, 5.41) is 2.91. The van der Waals surface area contributed by atoms with Gasteiger partial charge < -0.3 is 10.1 Å². The number of anilines is 2. The van der Waals surface area contributed by atoms with E-state index in [9.17, 15) is 13.2 Å². The maximum absolute atomic E-state index is 13.9. The number of para-hydroxylation sites is 1. The van der Waals surface area contributed by atoms with Crippen LogP contribution in [-0.4, -0.2) is 21.4 Å². The number of hydrogen-bond acceptors (Lipinski definition) is 4. The quantitative estimate of drug-likeness (QED) is 0.324. The summed E-state index contributed by atoms with van der Waals surface area (Å²) in [5.41, 5.74) is 4.15. The van der Waals surface area contributed by atoms with E-state index in [1.165, 1.54) is 23.5 Å². The van der Waals surface area contributed by atoms with E-state index in [0.29, 0.717) is 17.1 Å². The fraction of sp³-hybridized carbons (Fsp3) is 0.138. The molecule has 7 heteroatoms. The lowest BCUT2D eigenvalue weighted by Gasteiger charge is -2.27. The zero-order valence-electron chi connectivity index (χ0n) is 20.4. The summed E-state index contributed by atoms with van der Waals surface area (Å²) in [6, 6.07) is 27.9. The third kappa shape index (κ3) is 5.42. The second-order valence-corrected chi connectivity index (χ2v) is 10.3. The number of sulfonamides is 1. The van der Waals surface area contributed by atoms with Gasteiger partial charge in [0, 0.05) is 5.69 Å². The predicted molar refractivity (Wildman–Crippen MR) is 143 cm³/mol. The van der Waals surface area contributed by atoms with Gasteiger partial charge in [-0.15, -0.1) is 0 Å². The molecule has 4 rings (SSSR count). The molecule has 4 aromatic rings. The van der Waals surface area contributed by atoms with E-state index in [1.54, 1.807) is 36.4 Å². The third-order valence-electron chi connectivity index (χ3n) is 6.00. The first kappa shape index (κ1) is 25.0. The molecule has 0 heterocycles. The van der Waals surface area contributed by atoms with E-state index in [2.05, 4.69) is 5.32 Å². The molecule has 36 heavy (non-hydrogen) atoms. The van der Waals surface area contributed by atoms with E-state index >= 15 is 0 Å². The Bertz CT molecular complexity index is 1470. The smallest absolute Gasteiger partial charge is 0.264 e. The number of ether oxygens (including phenoxy) is 1. The number of benzene rings is 4. The summed E-state index contributed by atoms with van der Waals surface area (Å²) < 4.78 is 34.3. The number of nitrogens with one attached hydrogen (secondary N) is 1. The first-order chi connectivity index (χ1) is 17.3. The van der Waals surface area contributed by atoms with Crippen LogP contribution in [0.2, 0.25) is 0 Å². The van der Waals surface area contributed by atoms with E-state index in [1.807, 2.05) is 62.4 Å². The summed E-state index contributed by atoms with van der Waals surface area (Å²) in [4.78, 5) is 13.5. The highest BCUT2D eigenvalue weighted by Gasteiger charge is 2.28. The average Bonchev–Trinajstić information content (AvgIpc) is 2.90. The second kappa shape index (κ2) is 10.7. The molecule has 0 unspecified atom stereocenters. The molecule has 0 radical (unpaired) electrons. The van der Waals surface area contributed by atoms with Crippen LogP contribution in [0.15, 0.2) is 102 Å². The molecule has 0 fully saturated rings. The van der Waals surface area contributed by atoms with Gasteiger partial charge in [0.25, 0.3) is 15.9 Å². The molecule has 0 spiro atoms. The van der Waals surface area contributed by atoms with Gasteiger partial charge in [0.05, 0.1) is 29.8 Å². The zero-order chi connectivity index (χ0) is 25.7. The Morgan fingerprint density at radius 2 is 1.50 bits per heavy atom. The van der Waals surface area contributed by atoms with E-state index < -0.39 is 15.9 Å². The number of carbonyl (C=O) groups is 1. The summed E-state index contributed by atoms with van der Waals surface area (Å²) in [5.74, 6) is 0.161. The standard InChI is InChI=1S/C29H28N2O4S/c1-21-13-14-24(19-22(21)2)30-29(32)27-11-7-8-12-28(27)31(20-23-9-5-4-6-10-23)36(33,34)26-17-15-25(35-3)16-18-26/h4-19H,20H2,1-3H3,(H,30,32). The van der Waals surface area contributed by atoms with Crippen LogP contribution < -0.4 is 14.4 Å². The van der Waals surface area contributed by atoms with Gasteiger partial charge >= 0.3 is 0 Å². The molecule has 1 N–H and O–H groups in total. The summed E-state index contributed by atoms with van der Waals surface area (Å²) in [7, 11) is -2.50. The second-order valence-electron chi connectivity index (χ2n) is 8.44. The highest BCUT2D eigenvalue weighted by Crippen LogP contribution is 2.30. The summed E-state index contributed by atoms with van der Waals surface area (Å²) in [6.07, 6.45) is 0. The van der Waals surface area contributed by atoms with Crippen LogP contribution >= 0.6 is 0 Å². The van der Waals surface area contributed by atoms with Crippen LogP contribution in [0.3, 0.4) is 0 Å². The van der Waals surface area contributed by atoms with Gasteiger partial charge in [0.15, 0.2) is 0 Å². The number of aryl methyl sites for hydroxylation is 2. The SMILES string of the molecule is COc1ccc(S(=O)(=O)N(Cc2ccccc2)c2ccccc2C(=O)Nc2ccc(C)c(C)c2)cc1. The molecule has 0 saturated heterocycles. The fourth-order valence-corrected chi connectivity index (χ4v) is 5.30. The molecule has 0 aliphatic rings. The Morgan fingerprint density at radius 1 is 0.833 bits per heavy atom. The van der Waals surface area contributed by atoms with Crippen LogP contribution in [0.1, 0.15) is 27.0 Å². The minimum atomic E-state index is -4.02. The lowest BCUT2D eigenvalue weighted by atomic mass is 10.1. The topological polar surface area (TPSA) is 75.7 Å². The van der Waals surface area contributed by atoms with Crippen molar-refractivity contribution in [3.05, 3.63) is 119 Å². The minimum Gasteiger partial charge on any atom is -0.497 e. The van der Waals surface area contributed by atoms with E-state index in [-0.39, 0.29) is 17.0 Å². The van der Waals surface area contributed by atoms with Gasteiger partial charge in [-0.05, 0) is 79.1 Å². The minimum absolute atomic E-state index is 0.0587. The number of amides is 1. The van der Waals surface area contributed by atoms with Gasteiger partial charge in [0.1, 0.15) is 5.75 Å². The molecular weight excluding hydrogens is 472 g/mol.